The first-order chi connectivity index (χ1) is 17.3. The van der Waals surface area contributed by atoms with Crippen LogP contribution in [0.2, 0.25) is 0 Å². The summed E-state index contributed by atoms with van der Waals surface area (Å²) in [5.74, 6) is 1.76. The molecule has 1 amide bonds. The molecular formula is C26H26N6O3. The Kier molecular flexibility index (Phi) is 6.93. The number of benzene rings is 1. The molecular weight excluding hydrogens is 444 g/mol. The number of aromatic nitrogens is 4. The Bertz CT molecular complexity index is 1210. The molecule has 1 N–H and O–H groups in total. The molecule has 4 aromatic rings. The van der Waals surface area contributed by atoms with Gasteiger partial charge in [0, 0.05) is 24.7 Å². The second kappa shape index (κ2) is 10.8. The fourth-order valence-electron chi connectivity index (χ4n) is 4.08. The molecule has 4 heterocycles. The number of hydrogen-bond donors (Lipinski definition) is 1. The van der Waals surface area contributed by atoms with Gasteiger partial charge in [0.05, 0.1) is 24.4 Å². The first-order valence-corrected chi connectivity index (χ1v) is 11.7. The van der Waals surface area contributed by atoms with Gasteiger partial charge in [-0.15, -0.1) is 20.4 Å². The van der Waals surface area contributed by atoms with Crippen LogP contribution in [0.5, 0.6) is 5.88 Å². The largest absolute Gasteiger partial charge is 0.475 e. The second-order valence-corrected chi connectivity index (χ2v) is 8.30. The van der Waals surface area contributed by atoms with Gasteiger partial charge < -0.3 is 19.4 Å². The van der Waals surface area contributed by atoms with Crippen LogP contribution in [-0.4, -0.2) is 52.5 Å². The Morgan fingerprint density at radius 1 is 0.971 bits per heavy atom. The molecule has 9 heteroatoms. The monoisotopic (exact) mass is 470 g/mol. The molecule has 0 saturated carbocycles. The molecule has 1 aromatic carbocycles. The van der Waals surface area contributed by atoms with Crippen molar-refractivity contribution in [2.75, 3.05) is 31.1 Å². The summed E-state index contributed by atoms with van der Waals surface area (Å²) in [6.07, 6.45) is 3.36. The summed E-state index contributed by atoms with van der Waals surface area (Å²) in [5, 5.41) is 19.9. The molecule has 178 valence electrons. The number of hydrogen-bond acceptors (Lipinski definition) is 8. The first-order valence-electron chi connectivity index (χ1n) is 11.7. The van der Waals surface area contributed by atoms with Crippen LogP contribution in [0.25, 0.3) is 22.7 Å². The number of furan rings is 1. The zero-order valence-corrected chi connectivity index (χ0v) is 19.2. The number of rotatable bonds is 8. The van der Waals surface area contributed by atoms with Crippen molar-refractivity contribution in [3.63, 3.8) is 0 Å². The van der Waals surface area contributed by atoms with Gasteiger partial charge in [0.15, 0.2) is 11.6 Å². The van der Waals surface area contributed by atoms with E-state index >= 15 is 0 Å². The van der Waals surface area contributed by atoms with Crippen LogP contribution in [0, 0.1) is 5.92 Å². The van der Waals surface area contributed by atoms with Gasteiger partial charge in [-0.05, 0) is 43.2 Å². The molecule has 1 aliphatic rings. The number of carbonyl (C=O) groups excluding carboxylic acids is 1. The molecule has 0 aliphatic carbocycles. The van der Waals surface area contributed by atoms with E-state index in [-0.39, 0.29) is 11.8 Å². The van der Waals surface area contributed by atoms with Crippen LogP contribution in [0.1, 0.15) is 12.8 Å². The predicted octanol–water partition coefficient (Wildman–Crippen LogP) is 3.61. The van der Waals surface area contributed by atoms with E-state index in [1.165, 1.54) is 0 Å². The lowest BCUT2D eigenvalue weighted by atomic mass is 9.97. The second-order valence-electron chi connectivity index (χ2n) is 8.30. The topological polar surface area (TPSA) is 106 Å². The van der Waals surface area contributed by atoms with E-state index in [1.807, 2.05) is 48.5 Å². The van der Waals surface area contributed by atoms with Gasteiger partial charge in [0.2, 0.25) is 11.8 Å². The van der Waals surface area contributed by atoms with Gasteiger partial charge in [-0.25, -0.2) is 0 Å². The minimum atomic E-state index is -0.105. The number of carbonyl (C=O) groups is 1. The van der Waals surface area contributed by atoms with Gasteiger partial charge in [0.1, 0.15) is 12.3 Å². The van der Waals surface area contributed by atoms with Crippen molar-refractivity contribution in [3.05, 3.63) is 73.0 Å². The van der Waals surface area contributed by atoms with E-state index < -0.39 is 0 Å². The molecule has 1 fully saturated rings. The van der Waals surface area contributed by atoms with E-state index in [9.17, 15) is 4.79 Å². The predicted molar refractivity (Wildman–Crippen MR) is 131 cm³/mol. The van der Waals surface area contributed by atoms with Crippen molar-refractivity contribution in [2.45, 2.75) is 12.8 Å². The van der Waals surface area contributed by atoms with E-state index in [4.69, 9.17) is 9.15 Å². The molecule has 0 spiro atoms. The quantitative estimate of drug-likeness (QED) is 0.389. The van der Waals surface area contributed by atoms with Gasteiger partial charge in [-0.2, -0.15) is 0 Å². The smallest absolute Gasteiger partial charge is 0.233 e. The molecule has 1 unspecified atom stereocenters. The van der Waals surface area contributed by atoms with Gasteiger partial charge >= 0.3 is 0 Å². The minimum Gasteiger partial charge on any atom is -0.475 e. The molecule has 1 saturated heterocycles. The average molecular weight is 471 g/mol. The van der Waals surface area contributed by atoms with Crippen LogP contribution in [0.3, 0.4) is 0 Å². The molecule has 0 radical (unpaired) electrons. The zero-order chi connectivity index (χ0) is 23.9. The maximum atomic E-state index is 12.7. The standard InChI is InChI=1S/C26H26N6O3/c33-26(27-14-17-35-25-13-11-22(29-31-25)23-9-5-16-34-23)20-8-4-15-32(18-20)24-12-10-21(28-30-24)19-6-2-1-3-7-19/h1-3,5-7,9-13,16,20H,4,8,14-15,17-18H2,(H,27,33). The maximum absolute atomic E-state index is 12.7. The molecule has 1 atom stereocenters. The summed E-state index contributed by atoms with van der Waals surface area (Å²) in [4.78, 5) is 14.9. The van der Waals surface area contributed by atoms with Crippen molar-refractivity contribution >= 4 is 11.7 Å². The number of nitrogens with one attached hydrogen (secondary N) is 1. The molecule has 35 heavy (non-hydrogen) atoms. The highest BCUT2D eigenvalue weighted by Crippen LogP contribution is 2.23. The first kappa shape index (κ1) is 22.5. The Labute approximate surface area is 203 Å². The Balaban J connectivity index is 1.08. The third-order valence-corrected chi connectivity index (χ3v) is 5.90. The third-order valence-electron chi connectivity index (χ3n) is 5.90. The SMILES string of the molecule is O=C(NCCOc1ccc(-c2ccco2)nn1)C1CCCN(c2ccc(-c3ccccc3)nn2)C1. The number of anilines is 1. The number of ether oxygens (including phenoxy) is 1. The highest BCUT2D eigenvalue weighted by Gasteiger charge is 2.26. The molecule has 5 rings (SSSR count). The van der Waals surface area contributed by atoms with Crippen molar-refractivity contribution in [1.82, 2.24) is 25.7 Å². The van der Waals surface area contributed by atoms with Crippen LogP contribution < -0.4 is 15.0 Å². The van der Waals surface area contributed by atoms with Gasteiger partial charge in [-0.3, -0.25) is 4.79 Å². The van der Waals surface area contributed by atoms with E-state index in [0.29, 0.717) is 37.0 Å². The van der Waals surface area contributed by atoms with E-state index in [2.05, 4.69) is 30.6 Å². The number of amides is 1. The summed E-state index contributed by atoms with van der Waals surface area (Å²) in [7, 11) is 0. The molecule has 3 aromatic heterocycles. The summed E-state index contributed by atoms with van der Waals surface area (Å²) < 4.78 is 10.9. The summed E-state index contributed by atoms with van der Waals surface area (Å²) in [5.41, 5.74) is 2.50. The van der Waals surface area contributed by atoms with Crippen LogP contribution in [0.15, 0.2) is 77.4 Å². The van der Waals surface area contributed by atoms with Crippen molar-refractivity contribution in [1.29, 1.82) is 0 Å². The lowest BCUT2D eigenvalue weighted by Crippen LogP contribution is -2.44. The summed E-state index contributed by atoms with van der Waals surface area (Å²) in [6, 6.07) is 21.0. The lowest BCUT2D eigenvalue weighted by molar-refractivity contribution is -0.125. The Morgan fingerprint density at radius 2 is 1.83 bits per heavy atom. The fourth-order valence-corrected chi connectivity index (χ4v) is 4.08. The number of piperidine rings is 1. The zero-order valence-electron chi connectivity index (χ0n) is 19.2. The molecule has 1 aliphatic heterocycles. The van der Waals surface area contributed by atoms with Crippen molar-refractivity contribution in [3.8, 4) is 28.6 Å². The van der Waals surface area contributed by atoms with Crippen LogP contribution in [0.4, 0.5) is 5.82 Å². The molecule has 0 bridgehead atoms. The fraction of sp³-hybridized carbons (Fsp3) is 0.269. The maximum Gasteiger partial charge on any atom is 0.233 e. The van der Waals surface area contributed by atoms with Crippen LogP contribution >= 0.6 is 0 Å². The van der Waals surface area contributed by atoms with Gasteiger partial charge in [-0.1, -0.05) is 30.3 Å². The van der Waals surface area contributed by atoms with Crippen molar-refractivity contribution < 1.29 is 13.9 Å². The van der Waals surface area contributed by atoms with Gasteiger partial charge in [0.25, 0.3) is 0 Å². The summed E-state index contributed by atoms with van der Waals surface area (Å²) >= 11 is 0. The highest BCUT2D eigenvalue weighted by molar-refractivity contribution is 5.79. The number of nitrogens with zero attached hydrogens (tertiary/aromatic N) is 5. The Morgan fingerprint density at radius 3 is 2.57 bits per heavy atom. The van der Waals surface area contributed by atoms with E-state index in [0.717, 1.165) is 36.5 Å². The highest BCUT2D eigenvalue weighted by atomic mass is 16.5. The molecule has 9 nitrogen and oxygen atoms in total. The van der Waals surface area contributed by atoms with Crippen LogP contribution in [-0.2, 0) is 4.79 Å². The normalized spacial score (nSPS) is 15.5. The Hall–Kier alpha value is -4.27. The lowest BCUT2D eigenvalue weighted by Gasteiger charge is -2.32. The minimum absolute atomic E-state index is 0.0198. The third kappa shape index (κ3) is 5.63. The van der Waals surface area contributed by atoms with Crippen molar-refractivity contribution in [2.24, 2.45) is 5.92 Å². The average Bonchev–Trinajstić information content (AvgIpc) is 3.47. The van der Waals surface area contributed by atoms with E-state index in [1.54, 1.807) is 24.5 Å². The summed E-state index contributed by atoms with van der Waals surface area (Å²) in [6.45, 7) is 2.18.